The molecule has 2 aromatic heterocycles. The predicted molar refractivity (Wildman–Crippen MR) is 82.6 cm³/mol. The Labute approximate surface area is 119 Å². The summed E-state index contributed by atoms with van der Waals surface area (Å²) in [6.45, 7) is 0. The molecule has 0 aliphatic rings. The minimum Gasteiger partial charge on any atom is -0.254 e. The molecule has 0 bridgehead atoms. The SMILES string of the molecule is SCCc1ccc(-c2ccc(CCS)cn2)nc1. The van der Waals surface area contributed by atoms with E-state index in [2.05, 4.69) is 47.4 Å². The van der Waals surface area contributed by atoms with Crippen molar-refractivity contribution in [1.82, 2.24) is 9.97 Å². The highest BCUT2D eigenvalue weighted by Crippen LogP contribution is 2.15. The first kappa shape index (κ1) is 13.4. The van der Waals surface area contributed by atoms with Gasteiger partial charge in [-0.15, -0.1) is 0 Å². The van der Waals surface area contributed by atoms with Gasteiger partial charge in [0.1, 0.15) is 0 Å². The Bertz CT molecular complexity index is 433. The molecule has 18 heavy (non-hydrogen) atoms. The molecule has 0 N–H and O–H groups in total. The van der Waals surface area contributed by atoms with Gasteiger partial charge < -0.3 is 0 Å². The number of aromatic nitrogens is 2. The smallest absolute Gasteiger partial charge is 0.0886 e. The van der Waals surface area contributed by atoms with Gasteiger partial charge in [0.25, 0.3) is 0 Å². The molecule has 0 aliphatic carbocycles. The van der Waals surface area contributed by atoms with Crippen molar-refractivity contribution in [3.05, 3.63) is 47.8 Å². The van der Waals surface area contributed by atoms with Crippen LogP contribution < -0.4 is 0 Å². The fraction of sp³-hybridized carbons (Fsp3) is 0.286. The Morgan fingerprint density at radius 3 is 1.44 bits per heavy atom. The number of aryl methyl sites for hydroxylation is 2. The Morgan fingerprint density at radius 1 is 0.722 bits per heavy atom. The van der Waals surface area contributed by atoms with E-state index in [0.717, 1.165) is 35.7 Å². The molecule has 2 rings (SSSR count). The van der Waals surface area contributed by atoms with Crippen LogP contribution in [0.15, 0.2) is 36.7 Å². The molecule has 2 aromatic rings. The summed E-state index contributed by atoms with van der Waals surface area (Å²) in [5.74, 6) is 1.69. The summed E-state index contributed by atoms with van der Waals surface area (Å²) in [6.07, 6.45) is 5.69. The lowest BCUT2D eigenvalue weighted by molar-refractivity contribution is 1.10. The Balaban J connectivity index is 2.15. The normalized spacial score (nSPS) is 10.6. The fourth-order valence-electron chi connectivity index (χ4n) is 1.71. The van der Waals surface area contributed by atoms with Crippen molar-refractivity contribution in [3.63, 3.8) is 0 Å². The van der Waals surface area contributed by atoms with E-state index in [4.69, 9.17) is 0 Å². The first-order valence-corrected chi connectivity index (χ1v) is 7.22. The summed E-state index contributed by atoms with van der Waals surface area (Å²) in [4.78, 5) is 8.86. The highest BCUT2D eigenvalue weighted by atomic mass is 32.1. The third kappa shape index (κ3) is 3.50. The second-order valence-corrected chi connectivity index (χ2v) is 4.95. The molecule has 0 saturated heterocycles. The summed E-state index contributed by atoms with van der Waals surface area (Å²) in [6, 6.07) is 8.20. The van der Waals surface area contributed by atoms with Crippen LogP contribution in [0, 0.1) is 0 Å². The van der Waals surface area contributed by atoms with Crippen LogP contribution >= 0.6 is 25.3 Å². The highest BCUT2D eigenvalue weighted by molar-refractivity contribution is 7.80. The van der Waals surface area contributed by atoms with Crippen LogP contribution in [0.3, 0.4) is 0 Å². The zero-order chi connectivity index (χ0) is 12.8. The first-order valence-electron chi connectivity index (χ1n) is 5.95. The first-order chi connectivity index (χ1) is 8.83. The molecule has 0 aliphatic heterocycles. The van der Waals surface area contributed by atoms with Crippen molar-refractivity contribution < 1.29 is 0 Å². The molecule has 0 radical (unpaired) electrons. The van der Waals surface area contributed by atoms with E-state index in [1.807, 2.05) is 24.5 Å². The van der Waals surface area contributed by atoms with E-state index in [1.54, 1.807) is 0 Å². The Morgan fingerprint density at radius 2 is 1.17 bits per heavy atom. The maximum atomic E-state index is 4.43. The average Bonchev–Trinajstić information content (AvgIpc) is 2.41. The molecule has 0 fully saturated rings. The molecule has 2 nitrogen and oxygen atoms in total. The van der Waals surface area contributed by atoms with Crippen LogP contribution in [0.25, 0.3) is 11.4 Å². The van der Waals surface area contributed by atoms with E-state index in [9.17, 15) is 0 Å². The monoisotopic (exact) mass is 276 g/mol. The molecule has 0 saturated carbocycles. The lowest BCUT2D eigenvalue weighted by Gasteiger charge is -2.03. The second-order valence-electron chi connectivity index (χ2n) is 4.05. The number of pyridine rings is 2. The van der Waals surface area contributed by atoms with E-state index in [0.29, 0.717) is 0 Å². The highest BCUT2D eigenvalue weighted by Gasteiger charge is 2.01. The lowest BCUT2D eigenvalue weighted by Crippen LogP contribution is -1.93. The summed E-state index contributed by atoms with van der Waals surface area (Å²) in [7, 11) is 0. The minimum absolute atomic E-state index is 0.845. The van der Waals surface area contributed by atoms with Gasteiger partial charge in [0.2, 0.25) is 0 Å². The lowest BCUT2D eigenvalue weighted by atomic mass is 10.1. The molecule has 2 heterocycles. The third-order valence-electron chi connectivity index (χ3n) is 2.71. The second kappa shape index (κ2) is 6.81. The van der Waals surface area contributed by atoms with Crippen LogP contribution in [-0.2, 0) is 12.8 Å². The Hall–Kier alpha value is -1.00. The van der Waals surface area contributed by atoms with E-state index >= 15 is 0 Å². The van der Waals surface area contributed by atoms with Gasteiger partial charge in [-0.1, -0.05) is 12.1 Å². The molecule has 0 atom stereocenters. The summed E-state index contributed by atoms with van der Waals surface area (Å²) < 4.78 is 0. The number of nitrogens with zero attached hydrogens (tertiary/aromatic N) is 2. The molecule has 0 unspecified atom stereocenters. The van der Waals surface area contributed by atoms with Gasteiger partial charge in [-0.05, 0) is 47.6 Å². The van der Waals surface area contributed by atoms with Gasteiger partial charge >= 0.3 is 0 Å². The van der Waals surface area contributed by atoms with Crippen molar-refractivity contribution in [2.24, 2.45) is 0 Å². The zero-order valence-corrected chi connectivity index (χ0v) is 11.9. The van der Waals surface area contributed by atoms with Gasteiger partial charge in [0, 0.05) is 12.4 Å². The average molecular weight is 276 g/mol. The fourth-order valence-corrected chi connectivity index (χ4v) is 2.22. The number of thiol groups is 2. The van der Waals surface area contributed by atoms with Crippen molar-refractivity contribution >= 4 is 25.3 Å². The van der Waals surface area contributed by atoms with Gasteiger partial charge in [0.05, 0.1) is 11.4 Å². The maximum Gasteiger partial charge on any atom is 0.0886 e. The van der Waals surface area contributed by atoms with E-state index in [1.165, 1.54) is 11.1 Å². The molecule has 4 heteroatoms. The predicted octanol–water partition coefficient (Wildman–Crippen LogP) is 3.09. The molecule has 0 amide bonds. The van der Waals surface area contributed by atoms with Crippen molar-refractivity contribution in [3.8, 4) is 11.4 Å². The zero-order valence-electron chi connectivity index (χ0n) is 10.1. The number of rotatable bonds is 5. The van der Waals surface area contributed by atoms with Crippen LogP contribution in [0.5, 0.6) is 0 Å². The third-order valence-corrected chi connectivity index (χ3v) is 3.16. The molecule has 0 aromatic carbocycles. The van der Waals surface area contributed by atoms with Crippen LogP contribution in [0.2, 0.25) is 0 Å². The molecule has 94 valence electrons. The minimum atomic E-state index is 0.845. The van der Waals surface area contributed by atoms with Gasteiger partial charge in [-0.25, -0.2) is 0 Å². The van der Waals surface area contributed by atoms with E-state index in [-0.39, 0.29) is 0 Å². The number of hydrogen-bond acceptors (Lipinski definition) is 4. The largest absolute Gasteiger partial charge is 0.254 e. The van der Waals surface area contributed by atoms with Crippen molar-refractivity contribution in [2.45, 2.75) is 12.8 Å². The van der Waals surface area contributed by atoms with Crippen molar-refractivity contribution in [2.75, 3.05) is 11.5 Å². The summed E-state index contributed by atoms with van der Waals surface area (Å²) in [5.41, 5.74) is 4.24. The van der Waals surface area contributed by atoms with Crippen LogP contribution in [-0.4, -0.2) is 21.5 Å². The topological polar surface area (TPSA) is 25.8 Å². The number of hydrogen-bond donors (Lipinski definition) is 2. The summed E-state index contributed by atoms with van der Waals surface area (Å²) in [5, 5.41) is 0. The van der Waals surface area contributed by atoms with Gasteiger partial charge in [0.15, 0.2) is 0 Å². The molecular weight excluding hydrogens is 260 g/mol. The Kier molecular flexibility index (Phi) is 5.08. The van der Waals surface area contributed by atoms with Crippen LogP contribution in [0.1, 0.15) is 11.1 Å². The van der Waals surface area contributed by atoms with Crippen molar-refractivity contribution in [1.29, 1.82) is 0 Å². The van der Waals surface area contributed by atoms with E-state index < -0.39 is 0 Å². The standard InChI is InChI=1S/C14H16N2S2/c17-7-5-11-1-3-13(15-9-11)14-4-2-12(6-8-18)10-16-14/h1-4,9-10,17-18H,5-8H2. The van der Waals surface area contributed by atoms with Gasteiger partial charge in [-0.3, -0.25) is 9.97 Å². The molecule has 0 spiro atoms. The van der Waals surface area contributed by atoms with Gasteiger partial charge in [-0.2, -0.15) is 25.3 Å². The quantitative estimate of drug-likeness (QED) is 0.821. The maximum absolute atomic E-state index is 4.43. The van der Waals surface area contributed by atoms with Crippen LogP contribution in [0.4, 0.5) is 0 Å². The summed E-state index contributed by atoms with van der Waals surface area (Å²) >= 11 is 8.43. The molecular formula is C14H16N2S2.